The van der Waals surface area contributed by atoms with Gasteiger partial charge in [-0.3, -0.25) is 9.69 Å². The number of carbonyl (C=O) groups is 1. The van der Waals surface area contributed by atoms with Crippen molar-refractivity contribution in [3.63, 3.8) is 0 Å². The van der Waals surface area contributed by atoms with Crippen LogP contribution < -0.4 is 4.74 Å². The predicted molar refractivity (Wildman–Crippen MR) is 126 cm³/mol. The van der Waals surface area contributed by atoms with Crippen LogP contribution in [0, 0.1) is 5.92 Å². The fourth-order valence-corrected chi connectivity index (χ4v) is 4.09. The van der Waals surface area contributed by atoms with Crippen LogP contribution in [0.15, 0.2) is 48.5 Å². The maximum absolute atomic E-state index is 13.0. The van der Waals surface area contributed by atoms with E-state index in [0.29, 0.717) is 19.0 Å². The topological polar surface area (TPSA) is 36.0 Å². The highest BCUT2D eigenvalue weighted by atomic mass is 16.5. The molecule has 0 bridgehead atoms. The van der Waals surface area contributed by atoms with Crippen molar-refractivity contribution in [1.82, 2.24) is 14.7 Å². The summed E-state index contributed by atoms with van der Waals surface area (Å²) in [5.41, 5.74) is 3.72. The van der Waals surface area contributed by atoms with Crippen LogP contribution in [-0.2, 0) is 24.3 Å². The summed E-state index contributed by atoms with van der Waals surface area (Å²) in [5, 5.41) is 0. The summed E-state index contributed by atoms with van der Waals surface area (Å²) < 4.78 is 6.08. The maximum atomic E-state index is 13.0. The molecular formula is C26H37N3O2. The molecule has 0 saturated heterocycles. The Kier molecular flexibility index (Phi) is 8.50. The zero-order valence-corrected chi connectivity index (χ0v) is 19.5. The number of amides is 1. The van der Waals surface area contributed by atoms with Gasteiger partial charge in [-0.1, -0.05) is 56.3 Å². The molecule has 0 aromatic heterocycles. The highest BCUT2D eigenvalue weighted by Gasteiger charge is 2.21. The molecule has 1 amide bonds. The minimum atomic E-state index is 0.0283. The quantitative estimate of drug-likeness (QED) is 0.584. The third-order valence-corrected chi connectivity index (χ3v) is 5.66. The summed E-state index contributed by atoms with van der Waals surface area (Å²) in [4.78, 5) is 19.6. The molecule has 5 heteroatoms. The van der Waals surface area contributed by atoms with Gasteiger partial charge in [-0.25, -0.2) is 0 Å². The summed E-state index contributed by atoms with van der Waals surface area (Å²) in [6.45, 7) is 9.83. The molecule has 1 aliphatic heterocycles. The van der Waals surface area contributed by atoms with Crippen molar-refractivity contribution in [2.45, 2.75) is 33.4 Å². The van der Waals surface area contributed by atoms with Gasteiger partial charge in [-0.15, -0.1) is 0 Å². The van der Waals surface area contributed by atoms with Crippen LogP contribution >= 0.6 is 0 Å². The van der Waals surface area contributed by atoms with Crippen molar-refractivity contribution in [3.8, 4) is 5.75 Å². The van der Waals surface area contributed by atoms with Crippen LogP contribution in [0.25, 0.3) is 0 Å². The van der Waals surface area contributed by atoms with Crippen molar-refractivity contribution in [2.75, 3.05) is 46.9 Å². The van der Waals surface area contributed by atoms with E-state index in [4.69, 9.17) is 4.74 Å². The molecule has 0 radical (unpaired) electrons. The van der Waals surface area contributed by atoms with Gasteiger partial charge in [-0.2, -0.15) is 0 Å². The SMILES string of the molecule is CC(C)CN1CCc2c(cccc2OCC(=O)N(CCN(C)C)Cc2ccccc2)C1. The van der Waals surface area contributed by atoms with Gasteiger partial charge in [0, 0.05) is 39.3 Å². The Labute approximate surface area is 187 Å². The van der Waals surface area contributed by atoms with Crippen LogP contribution in [0.4, 0.5) is 0 Å². The Hall–Kier alpha value is -2.37. The van der Waals surface area contributed by atoms with E-state index in [1.807, 2.05) is 49.3 Å². The van der Waals surface area contributed by atoms with E-state index in [1.165, 1.54) is 11.1 Å². The lowest BCUT2D eigenvalue weighted by Gasteiger charge is -2.31. The van der Waals surface area contributed by atoms with E-state index < -0.39 is 0 Å². The first-order valence-electron chi connectivity index (χ1n) is 11.3. The van der Waals surface area contributed by atoms with Gasteiger partial charge in [0.25, 0.3) is 5.91 Å². The summed E-state index contributed by atoms with van der Waals surface area (Å²) in [6, 6.07) is 16.4. The molecule has 0 N–H and O–H groups in total. The lowest BCUT2D eigenvalue weighted by atomic mass is 9.98. The minimum absolute atomic E-state index is 0.0283. The number of ether oxygens (including phenoxy) is 1. The molecule has 0 saturated carbocycles. The Morgan fingerprint density at radius 3 is 2.55 bits per heavy atom. The van der Waals surface area contributed by atoms with Crippen molar-refractivity contribution in [3.05, 3.63) is 65.2 Å². The Morgan fingerprint density at radius 2 is 1.84 bits per heavy atom. The lowest BCUT2D eigenvalue weighted by molar-refractivity contribution is -0.134. The number of nitrogens with zero attached hydrogens (tertiary/aromatic N) is 3. The standard InChI is InChI=1S/C26H37N3O2/c1-21(2)17-28-14-13-24-23(19-28)11-8-12-25(24)31-20-26(30)29(16-15-27(3)4)18-22-9-6-5-7-10-22/h5-12,21H,13-20H2,1-4H3. The van der Waals surface area contributed by atoms with Crippen molar-refractivity contribution < 1.29 is 9.53 Å². The molecule has 2 aromatic carbocycles. The molecule has 0 aliphatic carbocycles. The number of fused-ring (bicyclic) bond motifs is 1. The first-order valence-corrected chi connectivity index (χ1v) is 11.3. The zero-order chi connectivity index (χ0) is 22.2. The number of likely N-dealkylation sites (N-methyl/N-ethyl adjacent to an activating group) is 1. The van der Waals surface area contributed by atoms with Gasteiger partial charge >= 0.3 is 0 Å². The smallest absolute Gasteiger partial charge is 0.260 e. The van der Waals surface area contributed by atoms with E-state index >= 15 is 0 Å². The van der Waals surface area contributed by atoms with Gasteiger partial charge in [0.05, 0.1) is 0 Å². The molecule has 0 atom stereocenters. The van der Waals surface area contributed by atoms with Gasteiger partial charge < -0.3 is 14.5 Å². The first kappa shape index (κ1) is 23.3. The first-order chi connectivity index (χ1) is 14.9. The Balaban J connectivity index is 1.64. The average molecular weight is 424 g/mol. The molecule has 3 rings (SSSR count). The fraction of sp³-hybridized carbons (Fsp3) is 0.500. The summed E-state index contributed by atoms with van der Waals surface area (Å²) in [5.74, 6) is 1.55. The molecular weight excluding hydrogens is 386 g/mol. The van der Waals surface area contributed by atoms with Crippen LogP contribution in [0.5, 0.6) is 5.75 Å². The molecule has 0 unspecified atom stereocenters. The zero-order valence-electron chi connectivity index (χ0n) is 19.5. The molecule has 0 spiro atoms. The summed E-state index contributed by atoms with van der Waals surface area (Å²) in [7, 11) is 4.06. The summed E-state index contributed by atoms with van der Waals surface area (Å²) in [6.07, 6.45) is 0.973. The van der Waals surface area contributed by atoms with Crippen LogP contribution in [0.1, 0.15) is 30.5 Å². The summed E-state index contributed by atoms with van der Waals surface area (Å²) >= 11 is 0. The normalized spacial score (nSPS) is 14.0. The fourth-order valence-electron chi connectivity index (χ4n) is 4.09. The molecule has 1 aliphatic rings. The van der Waals surface area contributed by atoms with E-state index in [-0.39, 0.29) is 12.5 Å². The monoisotopic (exact) mass is 423 g/mol. The second kappa shape index (κ2) is 11.3. The van der Waals surface area contributed by atoms with Gasteiger partial charge in [0.2, 0.25) is 0 Å². The van der Waals surface area contributed by atoms with Crippen LogP contribution in [-0.4, -0.2) is 67.5 Å². The van der Waals surface area contributed by atoms with E-state index in [2.05, 4.69) is 41.8 Å². The van der Waals surface area contributed by atoms with E-state index in [0.717, 1.165) is 43.9 Å². The number of hydrogen-bond acceptors (Lipinski definition) is 4. The molecule has 5 nitrogen and oxygen atoms in total. The maximum Gasteiger partial charge on any atom is 0.260 e. The Morgan fingerprint density at radius 1 is 1.06 bits per heavy atom. The molecule has 1 heterocycles. The number of rotatable bonds is 10. The van der Waals surface area contributed by atoms with Crippen LogP contribution in [0.2, 0.25) is 0 Å². The molecule has 2 aromatic rings. The Bertz CT molecular complexity index is 836. The lowest BCUT2D eigenvalue weighted by Crippen LogP contribution is -2.39. The van der Waals surface area contributed by atoms with Crippen molar-refractivity contribution in [1.29, 1.82) is 0 Å². The number of benzene rings is 2. The van der Waals surface area contributed by atoms with Gasteiger partial charge in [-0.05, 0) is 49.2 Å². The average Bonchev–Trinajstić information content (AvgIpc) is 2.74. The molecule has 168 valence electrons. The second-order valence-corrected chi connectivity index (χ2v) is 9.17. The van der Waals surface area contributed by atoms with Gasteiger partial charge in [0.1, 0.15) is 5.75 Å². The highest BCUT2D eigenvalue weighted by molar-refractivity contribution is 5.77. The highest BCUT2D eigenvalue weighted by Crippen LogP contribution is 2.28. The second-order valence-electron chi connectivity index (χ2n) is 9.17. The molecule has 31 heavy (non-hydrogen) atoms. The van der Waals surface area contributed by atoms with Gasteiger partial charge in [0.15, 0.2) is 6.61 Å². The predicted octanol–water partition coefficient (Wildman–Crippen LogP) is 3.67. The van der Waals surface area contributed by atoms with Crippen molar-refractivity contribution in [2.24, 2.45) is 5.92 Å². The van der Waals surface area contributed by atoms with Crippen molar-refractivity contribution >= 4 is 5.91 Å². The third-order valence-electron chi connectivity index (χ3n) is 5.66. The van der Waals surface area contributed by atoms with E-state index in [1.54, 1.807) is 0 Å². The van der Waals surface area contributed by atoms with Crippen LogP contribution in [0.3, 0.4) is 0 Å². The largest absolute Gasteiger partial charge is 0.483 e. The number of carbonyl (C=O) groups excluding carboxylic acids is 1. The molecule has 0 fully saturated rings. The number of hydrogen-bond donors (Lipinski definition) is 0. The third kappa shape index (κ3) is 7.08. The minimum Gasteiger partial charge on any atom is -0.483 e. The van der Waals surface area contributed by atoms with E-state index in [9.17, 15) is 4.79 Å².